The van der Waals surface area contributed by atoms with Crippen LogP contribution in [0.1, 0.15) is 46.0 Å². The molecule has 0 aromatic rings. The van der Waals surface area contributed by atoms with Crippen LogP contribution in [0.15, 0.2) is 4.99 Å². The summed E-state index contributed by atoms with van der Waals surface area (Å²) in [5.74, 6) is -6.76. The van der Waals surface area contributed by atoms with Gasteiger partial charge in [-0.2, -0.15) is 0 Å². The van der Waals surface area contributed by atoms with E-state index in [0.717, 1.165) is 0 Å². The van der Waals surface area contributed by atoms with Crippen molar-refractivity contribution in [3.05, 3.63) is 0 Å². The van der Waals surface area contributed by atoms with Gasteiger partial charge in [0.2, 0.25) is 23.6 Å². The quantitative estimate of drug-likeness (QED) is 0.0514. The summed E-state index contributed by atoms with van der Waals surface area (Å²) in [5, 5.41) is 25.1. The molecule has 0 heterocycles. The van der Waals surface area contributed by atoms with Gasteiger partial charge in [-0.15, -0.1) is 0 Å². The summed E-state index contributed by atoms with van der Waals surface area (Å²) in [6.07, 6.45) is -1.37. The number of amides is 4. The van der Waals surface area contributed by atoms with Gasteiger partial charge in [-0.1, -0.05) is 13.8 Å². The maximum absolute atomic E-state index is 12.9. The van der Waals surface area contributed by atoms with Crippen LogP contribution in [0, 0.1) is 5.92 Å². The predicted molar refractivity (Wildman–Crippen MR) is 127 cm³/mol. The molecule has 0 rings (SSSR count). The van der Waals surface area contributed by atoms with E-state index in [1.807, 2.05) is 0 Å². The number of nitrogens with two attached hydrogens (primary N) is 4. The Balaban J connectivity index is 5.72. The first-order valence-electron chi connectivity index (χ1n) is 11.1. The molecule has 0 bridgehead atoms. The fraction of sp³-hybridized carbons (Fsp3) is 0.650. The average Bonchev–Trinajstić information content (AvgIpc) is 2.76. The second-order valence-electron chi connectivity index (χ2n) is 8.34. The summed E-state index contributed by atoms with van der Waals surface area (Å²) >= 11 is 0. The molecule has 0 saturated carbocycles. The molecule has 0 saturated heterocycles. The van der Waals surface area contributed by atoms with E-state index in [9.17, 15) is 33.9 Å². The summed E-state index contributed by atoms with van der Waals surface area (Å²) in [6.45, 7) is 3.44. The van der Waals surface area contributed by atoms with Crippen molar-refractivity contribution in [3.8, 4) is 0 Å². The van der Waals surface area contributed by atoms with Crippen LogP contribution in [-0.2, 0) is 28.8 Å². The van der Waals surface area contributed by atoms with E-state index in [-0.39, 0.29) is 37.7 Å². The number of aliphatic imine (C=N–C) groups is 1. The molecule has 0 aromatic heterocycles. The van der Waals surface area contributed by atoms with Crippen molar-refractivity contribution in [2.24, 2.45) is 33.8 Å². The molecule has 0 aliphatic heterocycles. The third kappa shape index (κ3) is 13.1. The lowest BCUT2D eigenvalue weighted by atomic mass is 10.0. The van der Waals surface area contributed by atoms with Crippen molar-refractivity contribution in [2.45, 2.75) is 70.1 Å². The molecule has 4 atom stereocenters. The van der Waals surface area contributed by atoms with E-state index in [0.29, 0.717) is 0 Å². The van der Waals surface area contributed by atoms with Crippen LogP contribution in [0.25, 0.3) is 0 Å². The molecule has 204 valence electrons. The van der Waals surface area contributed by atoms with Crippen LogP contribution in [0.4, 0.5) is 0 Å². The maximum atomic E-state index is 12.9. The topological polar surface area (TPSA) is 295 Å². The first kappa shape index (κ1) is 32.0. The first-order chi connectivity index (χ1) is 16.6. The largest absolute Gasteiger partial charge is 0.481 e. The Hall–Kier alpha value is -3.95. The molecular formula is C20H36N8O8. The average molecular weight is 517 g/mol. The van der Waals surface area contributed by atoms with Gasteiger partial charge in [0.15, 0.2) is 5.96 Å². The van der Waals surface area contributed by atoms with Gasteiger partial charge in [-0.05, 0) is 25.2 Å². The Kier molecular flexibility index (Phi) is 14.1. The van der Waals surface area contributed by atoms with Crippen LogP contribution in [0.2, 0.25) is 0 Å². The first-order valence-corrected chi connectivity index (χ1v) is 11.1. The number of aliphatic carboxylic acids is 2. The number of nitrogens with zero attached hydrogens (tertiary/aromatic N) is 1. The van der Waals surface area contributed by atoms with Crippen molar-refractivity contribution in [3.63, 3.8) is 0 Å². The number of rotatable bonds is 17. The number of hydrogen-bond acceptors (Lipinski definition) is 8. The third-order valence-electron chi connectivity index (χ3n) is 4.90. The van der Waals surface area contributed by atoms with Crippen LogP contribution in [-0.4, -0.2) is 82.5 Å². The van der Waals surface area contributed by atoms with Crippen LogP contribution < -0.4 is 38.9 Å². The molecule has 36 heavy (non-hydrogen) atoms. The third-order valence-corrected chi connectivity index (χ3v) is 4.90. The van der Waals surface area contributed by atoms with Crippen molar-refractivity contribution < 1.29 is 39.0 Å². The van der Waals surface area contributed by atoms with Crippen LogP contribution in [0.3, 0.4) is 0 Å². The standard InChI is InChI=1S/C20H36N8O8/c1-9(2)15(22)18(34)27-11(5-6-14(30)31)17(33)26-10(4-3-7-25-20(23)24)16(32)28-12(19(35)36)8-13(21)29/h9-12,15H,3-8,22H2,1-2H3,(H2,21,29)(H,26,33)(H,27,34)(H,28,32)(H,30,31)(H,35,36)(H4,23,24,25). The summed E-state index contributed by atoms with van der Waals surface area (Å²) < 4.78 is 0. The molecule has 0 fully saturated rings. The van der Waals surface area contributed by atoms with E-state index in [1.54, 1.807) is 13.8 Å². The minimum absolute atomic E-state index is 0.0671. The molecule has 13 N–H and O–H groups in total. The normalized spacial score (nSPS) is 14.0. The Morgan fingerprint density at radius 1 is 0.806 bits per heavy atom. The van der Waals surface area contributed by atoms with Gasteiger partial charge in [0.1, 0.15) is 18.1 Å². The summed E-state index contributed by atoms with van der Waals surface area (Å²) in [5.41, 5.74) is 21.3. The minimum Gasteiger partial charge on any atom is -0.481 e. The molecule has 4 unspecified atom stereocenters. The number of guanidine groups is 1. The monoisotopic (exact) mass is 516 g/mol. The highest BCUT2D eigenvalue weighted by Gasteiger charge is 2.31. The minimum atomic E-state index is -1.65. The number of carboxylic acids is 2. The number of hydrogen-bond donors (Lipinski definition) is 9. The van der Waals surface area contributed by atoms with Gasteiger partial charge in [-0.25, -0.2) is 4.79 Å². The Labute approximate surface area is 207 Å². The van der Waals surface area contributed by atoms with Crippen molar-refractivity contribution in [1.29, 1.82) is 0 Å². The lowest BCUT2D eigenvalue weighted by molar-refractivity contribution is -0.143. The van der Waals surface area contributed by atoms with Gasteiger partial charge in [0, 0.05) is 13.0 Å². The number of carbonyl (C=O) groups is 6. The number of primary amides is 1. The van der Waals surface area contributed by atoms with Crippen LogP contribution in [0.5, 0.6) is 0 Å². The van der Waals surface area contributed by atoms with Crippen molar-refractivity contribution >= 4 is 41.5 Å². The van der Waals surface area contributed by atoms with E-state index in [1.165, 1.54) is 0 Å². The Morgan fingerprint density at radius 2 is 1.31 bits per heavy atom. The molecule has 0 radical (unpaired) electrons. The highest BCUT2D eigenvalue weighted by Crippen LogP contribution is 2.06. The fourth-order valence-corrected chi connectivity index (χ4v) is 2.83. The molecule has 0 aromatic carbocycles. The Morgan fingerprint density at radius 3 is 1.75 bits per heavy atom. The second-order valence-corrected chi connectivity index (χ2v) is 8.34. The fourth-order valence-electron chi connectivity index (χ4n) is 2.83. The highest BCUT2D eigenvalue weighted by molar-refractivity contribution is 5.95. The summed E-state index contributed by atoms with van der Waals surface area (Å²) in [7, 11) is 0. The zero-order valence-electron chi connectivity index (χ0n) is 20.2. The summed E-state index contributed by atoms with van der Waals surface area (Å²) in [4.78, 5) is 75.4. The molecule has 0 aliphatic carbocycles. The Bertz CT molecular complexity index is 844. The zero-order chi connectivity index (χ0) is 28.0. The van der Waals surface area contributed by atoms with E-state index >= 15 is 0 Å². The zero-order valence-corrected chi connectivity index (χ0v) is 20.2. The molecule has 0 spiro atoms. The number of nitrogens with one attached hydrogen (secondary N) is 3. The van der Waals surface area contributed by atoms with E-state index in [4.69, 9.17) is 28.0 Å². The van der Waals surface area contributed by atoms with Gasteiger partial charge in [0.25, 0.3) is 0 Å². The molecule has 4 amide bonds. The van der Waals surface area contributed by atoms with Gasteiger partial charge in [-0.3, -0.25) is 29.0 Å². The van der Waals surface area contributed by atoms with E-state index < -0.39 is 72.6 Å². The summed E-state index contributed by atoms with van der Waals surface area (Å²) in [6, 6.07) is -5.33. The second kappa shape index (κ2) is 15.9. The molecule has 16 nitrogen and oxygen atoms in total. The van der Waals surface area contributed by atoms with Gasteiger partial charge >= 0.3 is 11.9 Å². The van der Waals surface area contributed by atoms with Crippen molar-refractivity contribution in [1.82, 2.24) is 16.0 Å². The smallest absolute Gasteiger partial charge is 0.326 e. The maximum Gasteiger partial charge on any atom is 0.326 e. The molecule has 0 aliphatic rings. The lowest BCUT2D eigenvalue weighted by Gasteiger charge is -2.25. The highest BCUT2D eigenvalue weighted by atomic mass is 16.4. The van der Waals surface area contributed by atoms with Crippen molar-refractivity contribution in [2.75, 3.05) is 6.54 Å². The van der Waals surface area contributed by atoms with Gasteiger partial charge in [0.05, 0.1) is 12.5 Å². The molecular weight excluding hydrogens is 480 g/mol. The number of carbonyl (C=O) groups excluding carboxylic acids is 4. The lowest BCUT2D eigenvalue weighted by Crippen LogP contribution is -2.57. The SMILES string of the molecule is CC(C)C(N)C(=O)NC(CCC(=O)O)C(=O)NC(CCCN=C(N)N)C(=O)NC(CC(N)=O)C(=O)O. The van der Waals surface area contributed by atoms with Crippen LogP contribution >= 0.6 is 0 Å². The predicted octanol–water partition coefficient (Wildman–Crippen LogP) is -3.70. The number of carboxylic acid groups (broad SMARTS) is 2. The molecule has 16 heteroatoms. The van der Waals surface area contributed by atoms with E-state index in [2.05, 4.69) is 20.9 Å². The van der Waals surface area contributed by atoms with Gasteiger partial charge < -0.3 is 49.1 Å².